The van der Waals surface area contributed by atoms with Crippen LogP contribution in [0.1, 0.15) is 11.3 Å². The molecule has 3 aromatic rings. The number of benzene rings is 2. The molecule has 1 aromatic heterocycles. The number of hydrogen-bond donors (Lipinski definition) is 0. The Bertz CT molecular complexity index is 1160. The highest BCUT2D eigenvalue weighted by Crippen LogP contribution is 2.28. The minimum atomic E-state index is -4.01. The first-order valence-corrected chi connectivity index (χ1v) is 10.0. The highest BCUT2D eigenvalue weighted by molar-refractivity contribution is 7.95. The van der Waals surface area contributed by atoms with E-state index in [1.54, 1.807) is 13.0 Å². The van der Waals surface area contributed by atoms with Crippen LogP contribution in [0.25, 0.3) is 11.8 Å². The fourth-order valence-corrected chi connectivity index (χ4v) is 4.05. The SMILES string of the molecule is Cc1nn(-c2ccccc2)c(Cl)c1/C=C(/C#N)S(=O)(=O)c1ccc(Cl)cc1. The van der Waals surface area contributed by atoms with E-state index in [-0.39, 0.29) is 10.0 Å². The third-order valence-electron chi connectivity index (χ3n) is 3.85. The average molecular weight is 418 g/mol. The Morgan fingerprint density at radius 2 is 1.74 bits per heavy atom. The van der Waals surface area contributed by atoms with Crippen molar-refractivity contribution in [2.24, 2.45) is 0 Å². The number of nitrogens with zero attached hydrogens (tertiary/aromatic N) is 3. The van der Waals surface area contributed by atoms with Gasteiger partial charge in [-0.15, -0.1) is 0 Å². The van der Waals surface area contributed by atoms with Crippen molar-refractivity contribution in [3.05, 3.63) is 80.9 Å². The summed E-state index contributed by atoms with van der Waals surface area (Å²) in [5, 5.41) is 14.4. The first kappa shape index (κ1) is 19.2. The van der Waals surface area contributed by atoms with E-state index in [9.17, 15) is 13.7 Å². The summed E-state index contributed by atoms with van der Waals surface area (Å²) in [6.07, 6.45) is 1.24. The number of para-hydroxylation sites is 1. The summed E-state index contributed by atoms with van der Waals surface area (Å²) in [5.41, 5.74) is 1.60. The maximum atomic E-state index is 12.8. The van der Waals surface area contributed by atoms with Gasteiger partial charge in [0.2, 0.25) is 9.84 Å². The molecule has 0 bridgehead atoms. The first-order valence-electron chi connectivity index (χ1n) is 7.77. The molecule has 0 saturated heterocycles. The topological polar surface area (TPSA) is 75.8 Å². The Balaban J connectivity index is 2.11. The van der Waals surface area contributed by atoms with Crippen molar-refractivity contribution < 1.29 is 8.42 Å². The minimum absolute atomic E-state index is 0.0241. The van der Waals surface area contributed by atoms with E-state index in [1.165, 1.54) is 35.0 Å². The van der Waals surface area contributed by atoms with Crippen molar-refractivity contribution in [1.82, 2.24) is 9.78 Å². The number of aryl methyl sites for hydroxylation is 1. The van der Waals surface area contributed by atoms with Gasteiger partial charge in [0.05, 0.1) is 16.3 Å². The van der Waals surface area contributed by atoms with Crippen LogP contribution in [-0.4, -0.2) is 18.2 Å². The molecule has 1 heterocycles. The molecular weight excluding hydrogens is 405 g/mol. The van der Waals surface area contributed by atoms with Crippen molar-refractivity contribution >= 4 is 39.1 Å². The standard InChI is InChI=1S/C19H13Cl2N3O2S/c1-13-18(19(21)24(23-13)15-5-3-2-4-6-15)11-17(12-22)27(25,26)16-9-7-14(20)8-10-16/h2-11H,1H3/b17-11-. The molecule has 0 spiro atoms. The molecule has 3 rings (SSSR count). The van der Waals surface area contributed by atoms with Crippen LogP contribution in [0.4, 0.5) is 0 Å². The fourth-order valence-electron chi connectivity index (χ4n) is 2.46. The van der Waals surface area contributed by atoms with Crippen molar-refractivity contribution in [2.75, 3.05) is 0 Å². The zero-order chi connectivity index (χ0) is 19.6. The van der Waals surface area contributed by atoms with E-state index in [1.807, 2.05) is 30.3 Å². The molecule has 0 fully saturated rings. The molecule has 5 nitrogen and oxygen atoms in total. The van der Waals surface area contributed by atoms with Gasteiger partial charge in [-0.05, 0) is 49.4 Å². The van der Waals surface area contributed by atoms with Crippen LogP contribution in [0.2, 0.25) is 10.2 Å². The van der Waals surface area contributed by atoms with Crippen molar-refractivity contribution in [3.8, 4) is 11.8 Å². The molecule has 0 atom stereocenters. The number of halogens is 2. The zero-order valence-electron chi connectivity index (χ0n) is 14.1. The van der Waals surface area contributed by atoms with E-state index < -0.39 is 14.7 Å². The van der Waals surface area contributed by atoms with Crippen LogP contribution in [0.15, 0.2) is 64.4 Å². The monoisotopic (exact) mass is 417 g/mol. The van der Waals surface area contributed by atoms with E-state index in [2.05, 4.69) is 5.10 Å². The number of aromatic nitrogens is 2. The van der Waals surface area contributed by atoms with Crippen molar-refractivity contribution in [2.45, 2.75) is 11.8 Å². The number of rotatable bonds is 4. The predicted molar refractivity (Wildman–Crippen MR) is 106 cm³/mol. The Morgan fingerprint density at radius 3 is 2.33 bits per heavy atom. The molecule has 8 heteroatoms. The smallest absolute Gasteiger partial charge is 0.216 e. The molecule has 0 aliphatic carbocycles. The fraction of sp³-hybridized carbons (Fsp3) is 0.0526. The second-order valence-corrected chi connectivity index (χ2v) is 8.33. The molecule has 0 unspecified atom stereocenters. The molecule has 0 saturated carbocycles. The molecule has 0 aliphatic heterocycles. The molecule has 2 aromatic carbocycles. The molecule has 0 N–H and O–H groups in total. The van der Waals surface area contributed by atoms with E-state index >= 15 is 0 Å². The number of nitriles is 1. The Hall–Kier alpha value is -2.59. The Kier molecular flexibility index (Phi) is 5.38. The summed E-state index contributed by atoms with van der Waals surface area (Å²) < 4.78 is 27.0. The summed E-state index contributed by atoms with van der Waals surface area (Å²) in [4.78, 5) is -0.452. The van der Waals surface area contributed by atoms with Crippen LogP contribution in [-0.2, 0) is 9.84 Å². The van der Waals surface area contributed by atoms with Gasteiger partial charge in [0.25, 0.3) is 0 Å². The van der Waals surface area contributed by atoms with Gasteiger partial charge in [-0.2, -0.15) is 10.4 Å². The predicted octanol–water partition coefficient (Wildman–Crippen LogP) is 4.83. The van der Waals surface area contributed by atoms with Gasteiger partial charge < -0.3 is 0 Å². The second kappa shape index (κ2) is 7.57. The van der Waals surface area contributed by atoms with Gasteiger partial charge in [-0.3, -0.25) is 0 Å². The molecule has 0 radical (unpaired) electrons. The quantitative estimate of drug-likeness (QED) is 0.569. The van der Waals surface area contributed by atoms with Crippen LogP contribution >= 0.6 is 23.2 Å². The van der Waals surface area contributed by atoms with Crippen LogP contribution in [0.3, 0.4) is 0 Å². The van der Waals surface area contributed by atoms with Crippen LogP contribution in [0, 0.1) is 18.3 Å². The number of allylic oxidation sites excluding steroid dienone is 1. The lowest BCUT2D eigenvalue weighted by molar-refractivity contribution is 0.603. The van der Waals surface area contributed by atoms with Gasteiger partial charge in [-0.25, -0.2) is 13.1 Å². The Labute approximate surface area is 167 Å². The molecule has 0 amide bonds. The number of sulfone groups is 1. The summed E-state index contributed by atoms with van der Waals surface area (Å²) >= 11 is 12.2. The van der Waals surface area contributed by atoms with Gasteiger partial charge >= 0.3 is 0 Å². The summed E-state index contributed by atoms with van der Waals surface area (Å²) in [6, 6.07) is 16.5. The van der Waals surface area contributed by atoms with E-state index in [0.717, 1.165) is 5.69 Å². The van der Waals surface area contributed by atoms with Gasteiger partial charge in [0.15, 0.2) is 0 Å². The zero-order valence-corrected chi connectivity index (χ0v) is 16.4. The lowest BCUT2D eigenvalue weighted by Gasteiger charge is -2.04. The third-order valence-corrected chi connectivity index (χ3v) is 6.14. The van der Waals surface area contributed by atoms with Gasteiger partial charge in [0, 0.05) is 10.6 Å². The second-order valence-electron chi connectivity index (χ2n) is 5.61. The van der Waals surface area contributed by atoms with Gasteiger partial charge in [0.1, 0.15) is 16.1 Å². The summed E-state index contributed by atoms with van der Waals surface area (Å²) in [5.74, 6) is 0. The van der Waals surface area contributed by atoms with Gasteiger partial charge in [-0.1, -0.05) is 41.4 Å². The largest absolute Gasteiger partial charge is 0.221 e. The van der Waals surface area contributed by atoms with Crippen LogP contribution < -0.4 is 0 Å². The van der Waals surface area contributed by atoms with Crippen molar-refractivity contribution in [3.63, 3.8) is 0 Å². The summed E-state index contributed by atoms with van der Waals surface area (Å²) in [7, 11) is -4.01. The minimum Gasteiger partial charge on any atom is -0.221 e. The Morgan fingerprint density at radius 1 is 1.11 bits per heavy atom. The molecule has 136 valence electrons. The highest BCUT2D eigenvalue weighted by atomic mass is 35.5. The first-order chi connectivity index (χ1) is 12.8. The molecule has 0 aliphatic rings. The molecule has 27 heavy (non-hydrogen) atoms. The normalized spacial score (nSPS) is 12.0. The lowest BCUT2D eigenvalue weighted by Crippen LogP contribution is -2.03. The van der Waals surface area contributed by atoms with E-state index in [4.69, 9.17) is 23.2 Å². The maximum absolute atomic E-state index is 12.8. The third kappa shape index (κ3) is 3.76. The molecular formula is C19H13Cl2N3O2S. The van der Waals surface area contributed by atoms with Crippen LogP contribution in [0.5, 0.6) is 0 Å². The lowest BCUT2D eigenvalue weighted by atomic mass is 10.2. The van der Waals surface area contributed by atoms with Crippen molar-refractivity contribution in [1.29, 1.82) is 5.26 Å². The maximum Gasteiger partial charge on any atom is 0.216 e. The van der Waals surface area contributed by atoms with E-state index in [0.29, 0.717) is 16.3 Å². The highest BCUT2D eigenvalue weighted by Gasteiger charge is 2.23. The number of hydrogen-bond acceptors (Lipinski definition) is 4. The average Bonchev–Trinajstić information content (AvgIpc) is 2.94. The summed E-state index contributed by atoms with van der Waals surface area (Å²) in [6.45, 7) is 1.70.